The van der Waals surface area contributed by atoms with E-state index in [1.54, 1.807) is 24.3 Å². The maximum Gasteiger partial charge on any atom is 0.290 e. The molecular formula is C20H16N8O3. The van der Waals surface area contributed by atoms with Gasteiger partial charge in [0.2, 0.25) is 5.82 Å². The molecule has 4 rings (SSSR count). The number of amides is 2. The van der Waals surface area contributed by atoms with Gasteiger partial charge in [0.15, 0.2) is 5.69 Å². The first-order chi connectivity index (χ1) is 15.1. The summed E-state index contributed by atoms with van der Waals surface area (Å²) < 4.78 is 0. The topological polar surface area (TPSA) is 148 Å². The molecule has 2 amide bonds. The fraction of sp³-hybridized carbons (Fsp3) is 0.0500. The Morgan fingerprint density at radius 3 is 2.35 bits per heavy atom. The third-order valence-corrected chi connectivity index (χ3v) is 4.23. The Morgan fingerprint density at radius 2 is 1.65 bits per heavy atom. The third kappa shape index (κ3) is 4.85. The normalized spacial score (nSPS) is 10.5. The quantitative estimate of drug-likeness (QED) is 0.402. The van der Waals surface area contributed by atoms with Gasteiger partial charge in [-0.3, -0.25) is 25.2 Å². The molecule has 0 bridgehead atoms. The molecule has 0 fully saturated rings. The number of hydrazine groups is 1. The molecule has 0 radical (unpaired) electrons. The van der Waals surface area contributed by atoms with Crippen LogP contribution in [0, 0.1) is 0 Å². The second kappa shape index (κ2) is 8.78. The zero-order valence-electron chi connectivity index (χ0n) is 16.0. The highest BCUT2D eigenvalue weighted by Crippen LogP contribution is 2.12. The van der Waals surface area contributed by atoms with E-state index in [9.17, 15) is 14.4 Å². The van der Waals surface area contributed by atoms with Crippen LogP contribution in [0.2, 0.25) is 0 Å². The van der Waals surface area contributed by atoms with Crippen LogP contribution in [-0.4, -0.2) is 42.2 Å². The second-order valence-electron chi connectivity index (χ2n) is 6.42. The summed E-state index contributed by atoms with van der Waals surface area (Å²) in [5.74, 6) is -0.633. The summed E-state index contributed by atoms with van der Waals surface area (Å²) in [4.78, 5) is 36.6. The predicted molar refractivity (Wildman–Crippen MR) is 109 cm³/mol. The van der Waals surface area contributed by atoms with Gasteiger partial charge in [-0.25, -0.2) is 5.10 Å². The number of carbonyl (C=O) groups is 2. The van der Waals surface area contributed by atoms with Gasteiger partial charge in [-0.2, -0.15) is 9.90 Å². The van der Waals surface area contributed by atoms with E-state index >= 15 is 0 Å². The number of hydrogen-bond donors (Lipinski definition) is 3. The molecule has 2 heterocycles. The molecule has 11 heteroatoms. The molecule has 0 unspecified atom stereocenters. The van der Waals surface area contributed by atoms with Crippen molar-refractivity contribution in [3.8, 4) is 11.4 Å². The molecule has 31 heavy (non-hydrogen) atoms. The first-order valence-corrected chi connectivity index (χ1v) is 9.17. The average molecular weight is 416 g/mol. The van der Waals surface area contributed by atoms with Gasteiger partial charge in [-0.15, -0.1) is 10.2 Å². The first kappa shape index (κ1) is 19.6. The highest BCUT2D eigenvalue weighted by Gasteiger charge is 2.11. The van der Waals surface area contributed by atoms with Gasteiger partial charge in [-0.05, 0) is 29.0 Å². The Kier molecular flexibility index (Phi) is 5.56. The van der Waals surface area contributed by atoms with E-state index in [-0.39, 0.29) is 5.69 Å². The largest absolute Gasteiger partial charge is 0.290 e. The van der Waals surface area contributed by atoms with Gasteiger partial charge in [0.25, 0.3) is 17.4 Å². The third-order valence-electron chi connectivity index (χ3n) is 4.23. The molecule has 0 aliphatic heterocycles. The summed E-state index contributed by atoms with van der Waals surface area (Å²) in [6.07, 6.45) is 0. The number of H-pyrrole nitrogens is 1. The lowest BCUT2D eigenvalue weighted by Gasteiger charge is -2.07. The van der Waals surface area contributed by atoms with E-state index < -0.39 is 17.4 Å². The van der Waals surface area contributed by atoms with Crippen molar-refractivity contribution < 1.29 is 9.59 Å². The number of nitrogens with zero attached hydrogens (tertiary/aromatic N) is 5. The average Bonchev–Trinajstić information content (AvgIpc) is 3.27. The Balaban J connectivity index is 1.34. The lowest BCUT2D eigenvalue weighted by atomic mass is 10.1. The van der Waals surface area contributed by atoms with Crippen LogP contribution in [0.3, 0.4) is 0 Å². The zero-order chi connectivity index (χ0) is 21.6. The standard InChI is InChI=1S/C20H16N8O3/c29-17-11-10-16(21-22-17)20(31)25-24-19(30)15-8-6-13(7-9-15)12-28-26-18(23-27-28)14-4-2-1-3-5-14/h1-11H,12H2,(H,22,29)(H,24,30)(H,25,31). The van der Waals surface area contributed by atoms with Crippen molar-refractivity contribution in [2.45, 2.75) is 6.54 Å². The highest BCUT2D eigenvalue weighted by molar-refractivity contribution is 5.98. The first-order valence-electron chi connectivity index (χ1n) is 9.17. The monoisotopic (exact) mass is 416 g/mol. The van der Waals surface area contributed by atoms with Crippen LogP contribution < -0.4 is 16.4 Å². The summed E-state index contributed by atoms with van der Waals surface area (Å²) >= 11 is 0. The van der Waals surface area contributed by atoms with Crippen LogP contribution in [0.1, 0.15) is 26.4 Å². The van der Waals surface area contributed by atoms with E-state index in [1.807, 2.05) is 30.3 Å². The SMILES string of the molecule is O=C(NNC(=O)c1ccc(=O)[nH]n1)c1ccc(Cn2nnc(-c3ccccc3)n2)cc1. The van der Waals surface area contributed by atoms with E-state index in [0.29, 0.717) is 17.9 Å². The number of hydrogen-bond acceptors (Lipinski definition) is 7. The van der Waals surface area contributed by atoms with Crippen LogP contribution in [0.4, 0.5) is 0 Å². The molecule has 2 aromatic carbocycles. The summed E-state index contributed by atoms with van der Waals surface area (Å²) in [6, 6.07) is 18.7. The highest BCUT2D eigenvalue weighted by atomic mass is 16.2. The molecule has 0 atom stereocenters. The van der Waals surface area contributed by atoms with Gasteiger partial charge in [-0.1, -0.05) is 42.5 Å². The van der Waals surface area contributed by atoms with Gasteiger partial charge in [0, 0.05) is 17.2 Å². The van der Waals surface area contributed by atoms with E-state index in [0.717, 1.165) is 17.2 Å². The molecule has 0 spiro atoms. The fourth-order valence-electron chi connectivity index (χ4n) is 2.66. The molecule has 0 aliphatic rings. The number of aromatic amines is 1. The van der Waals surface area contributed by atoms with Crippen molar-refractivity contribution in [2.75, 3.05) is 0 Å². The second-order valence-corrected chi connectivity index (χ2v) is 6.42. The fourth-order valence-corrected chi connectivity index (χ4v) is 2.66. The van der Waals surface area contributed by atoms with Crippen molar-refractivity contribution in [3.05, 3.63) is 93.9 Å². The summed E-state index contributed by atoms with van der Waals surface area (Å²) in [5, 5.41) is 18.2. The van der Waals surface area contributed by atoms with Crippen molar-refractivity contribution >= 4 is 11.8 Å². The van der Waals surface area contributed by atoms with Gasteiger partial charge in [0.05, 0.1) is 6.54 Å². The van der Waals surface area contributed by atoms with Crippen molar-refractivity contribution in [1.29, 1.82) is 0 Å². The lowest BCUT2D eigenvalue weighted by Crippen LogP contribution is -2.42. The molecule has 0 saturated carbocycles. The number of nitrogens with one attached hydrogen (secondary N) is 3. The minimum Gasteiger partial charge on any atom is -0.268 e. The molecule has 2 aromatic heterocycles. The summed E-state index contributed by atoms with van der Waals surface area (Å²) in [6.45, 7) is 0.385. The predicted octanol–water partition coefficient (Wildman–Crippen LogP) is 0.547. The van der Waals surface area contributed by atoms with Gasteiger partial charge >= 0.3 is 0 Å². The Bertz CT molecular complexity index is 1250. The maximum atomic E-state index is 12.2. The summed E-state index contributed by atoms with van der Waals surface area (Å²) in [5.41, 5.74) is 6.15. The smallest absolute Gasteiger partial charge is 0.268 e. The van der Waals surface area contributed by atoms with E-state index in [2.05, 4.69) is 36.5 Å². The molecule has 0 aliphatic carbocycles. The summed E-state index contributed by atoms with van der Waals surface area (Å²) in [7, 11) is 0. The molecule has 154 valence electrons. The minimum absolute atomic E-state index is 0.0366. The number of rotatable bonds is 5. The molecule has 3 N–H and O–H groups in total. The maximum absolute atomic E-state index is 12.2. The molecular weight excluding hydrogens is 400 g/mol. The number of carbonyl (C=O) groups excluding carboxylic acids is 2. The van der Waals surface area contributed by atoms with E-state index in [4.69, 9.17) is 0 Å². The Labute approximate surface area is 175 Å². The molecule has 4 aromatic rings. The Morgan fingerprint density at radius 1 is 0.903 bits per heavy atom. The van der Waals surface area contributed by atoms with Crippen molar-refractivity contribution in [3.63, 3.8) is 0 Å². The Hall–Kier alpha value is -4.67. The van der Waals surface area contributed by atoms with E-state index in [1.165, 1.54) is 10.9 Å². The van der Waals surface area contributed by atoms with Crippen LogP contribution in [-0.2, 0) is 6.54 Å². The van der Waals surface area contributed by atoms with Crippen molar-refractivity contribution in [1.82, 2.24) is 41.3 Å². The lowest BCUT2D eigenvalue weighted by molar-refractivity contribution is 0.0843. The van der Waals surface area contributed by atoms with Crippen molar-refractivity contribution in [2.24, 2.45) is 0 Å². The number of tetrazole rings is 1. The number of benzene rings is 2. The molecule has 11 nitrogen and oxygen atoms in total. The van der Waals surface area contributed by atoms with Crippen LogP contribution in [0.5, 0.6) is 0 Å². The van der Waals surface area contributed by atoms with Gasteiger partial charge in [0.1, 0.15) is 0 Å². The van der Waals surface area contributed by atoms with Crippen LogP contribution in [0.25, 0.3) is 11.4 Å². The zero-order valence-corrected chi connectivity index (χ0v) is 16.0. The molecule has 0 saturated heterocycles. The van der Waals surface area contributed by atoms with Gasteiger partial charge < -0.3 is 0 Å². The minimum atomic E-state index is -0.660. The van der Waals surface area contributed by atoms with Crippen LogP contribution >= 0.6 is 0 Å². The van der Waals surface area contributed by atoms with Crippen LogP contribution in [0.15, 0.2) is 71.5 Å². The number of aromatic nitrogens is 6.